The molecule has 0 atom stereocenters. The molecule has 1 aliphatic heterocycles. The zero-order valence-corrected chi connectivity index (χ0v) is 10.3. The zero-order chi connectivity index (χ0) is 12.3. The topological polar surface area (TPSA) is 89.2 Å². The lowest BCUT2D eigenvalue weighted by atomic mass is 9.99. The Morgan fingerprint density at radius 1 is 1.35 bits per heavy atom. The lowest BCUT2D eigenvalue weighted by Crippen LogP contribution is -2.40. The van der Waals surface area contributed by atoms with Crippen molar-refractivity contribution in [2.45, 2.75) is 17.9 Å². The Hall–Kier alpha value is -1.05. The summed E-state index contributed by atoms with van der Waals surface area (Å²) in [5.41, 5.74) is 5.58. The van der Waals surface area contributed by atoms with Crippen molar-refractivity contribution in [1.82, 2.24) is 14.3 Å². The van der Waals surface area contributed by atoms with E-state index in [1.165, 1.54) is 22.9 Å². The van der Waals surface area contributed by atoms with Gasteiger partial charge < -0.3 is 5.73 Å². The summed E-state index contributed by atoms with van der Waals surface area (Å²) < 4.78 is 25.8. The van der Waals surface area contributed by atoms with Crippen molar-refractivity contribution in [2.75, 3.05) is 19.6 Å². The second-order valence-electron chi connectivity index (χ2n) is 4.13. The van der Waals surface area contributed by atoms with Gasteiger partial charge in [-0.2, -0.15) is 4.31 Å². The maximum atomic E-state index is 12.2. The molecule has 7 heteroatoms. The number of nitrogens with zero attached hydrogens (tertiary/aromatic N) is 3. The molecule has 1 aromatic heterocycles. The van der Waals surface area contributed by atoms with Gasteiger partial charge in [-0.25, -0.2) is 13.4 Å². The van der Waals surface area contributed by atoms with E-state index in [1.54, 1.807) is 0 Å². The molecule has 0 unspecified atom stereocenters. The Balaban J connectivity index is 2.13. The fraction of sp³-hybridized carbons (Fsp3) is 0.600. The smallest absolute Gasteiger partial charge is 0.262 e. The molecular formula is C10H16N4O2S. The van der Waals surface area contributed by atoms with Gasteiger partial charge in [0.05, 0.1) is 6.20 Å². The molecule has 0 aliphatic carbocycles. The van der Waals surface area contributed by atoms with Gasteiger partial charge in [-0.3, -0.25) is 4.98 Å². The monoisotopic (exact) mass is 256 g/mol. The molecule has 0 amide bonds. The molecular weight excluding hydrogens is 240 g/mol. The lowest BCUT2D eigenvalue weighted by Gasteiger charge is -2.29. The SMILES string of the molecule is NCC1CCN(S(=O)(=O)c2cnccn2)CC1. The maximum Gasteiger partial charge on any atom is 0.262 e. The fourth-order valence-electron chi connectivity index (χ4n) is 1.94. The third-order valence-electron chi connectivity index (χ3n) is 3.05. The summed E-state index contributed by atoms with van der Waals surface area (Å²) in [7, 11) is -3.47. The second kappa shape index (κ2) is 5.07. The normalized spacial score (nSPS) is 19.4. The molecule has 2 N–H and O–H groups in total. The summed E-state index contributed by atoms with van der Waals surface area (Å²) in [5, 5.41) is 0.0196. The van der Waals surface area contributed by atoms with Crippen LogP contribution in [0.3, 0.4) is 0 Å². The molecule has 94 valence electrons. The number of sulfonamides is 1. The van der Waals surface area contributed by atoms with Crippen LogP contribution >= 0.6 is 0 Å². The average Bonchev–Trinajstić information content (AvgIpc) is 2.40. The van der Waals surface area contributed by atoms with Gasteiger partial charge in [-0.05, 0) is 25.3 Å². The molecule has 6 nitrogen and oxygen atoms in total. The van der Waals surface area contributed by atoms with E-state index in [1.807, 2.05) is 0 Å². The summed E-state index contributed by atoms with van der Waals surface area (Å²) >= 11 is 0. The van der Waals surface area contributed by atoms with Crippen LogP contribution in [-0.2, 0) is 10.0 Å². The third kappa shape index (κ3) is 2.62. The first-order valence-corrected chi connectivity index (χ1v) is 7.05. The molecule has 2 heterocycles. The summed E-state index contributed by atoms with van der Waals surface area (Å²) in [6, 6.07) is 0. The van der Waals surface area contributed by atoms with Gasteiger partial charge in [-0.15, -0.1) is 0 Å². The van der Waals surface area contributed by atoms with Crippen LogP contribution in [0, 0.1) is 5.92 Å². The molecule has 1 fully saturated rings. The van der Waals surface area contributed by atoms with Gasteiger partial charge >= 0.3 is 0 Å². The van der Waals surface area contributed by atoms with E-state index < -0.39 is 10.0 Å². The van der Waals surface area contributed by atoms with Gasteiger partial charge in [0.2, 0.25) is 0 Å². The minimum atomic E-state index is -3.47. The number of aromatic nitrogens is 2. The summed E-state index contributed by atoms with van der Waals surface area (Å²) in [5.74, 6) is 0.434. The minimum Gasteiger partial charge on any atom is -0.330 e. The first-order valence-electron chi connectivity index (χ1n) is 5.61. The number of piperidine rings is 1. The van der Waals surface area contributed by atoms with Crippen LogP contribution in [0.2, 0.25) is 0 Å². The summed E-state index contributed by atoms with van der Waals surface area (Å²) in [4.78, 5) is 7.64. The molecule has 0 aromatic carbocycles. The Morgan fingerprint density at radius 2 is 2.06 bits per heavy atom. The Morgan fingerprint density at radius 3 is 2.59 bits per heavy atom. The highest BCUT2D eigenvalue weighted by molar-refractivity contribution is 7.89. The summed E-state index contributed by atoms with van der Waals surface area (Å²) in [6.07, 6.45) is 5.76. The lowest BCUT2D eigenvalue weighted by molar-refractivity contribution is 0.278. The minimum absolute atomic E-state index is 0.0196. The van der Waals surface area contributed by atoms with Crippen molar-refractivity contribution in [3.05, 3.63) is 18.6 Å². The van der Waals surface area contributed by atoms with Crippen molar-refractivity contribution in [1.29, 1.82) is 0 Å². The highest BCUT2D eigenvalue weighted by Gasteiger charge is 2.29. The third-order valence-corrected chi connectivity index (χ3v) is 4.83. The van der Waals surface area contributed by atoms with Crippen LogP contribution in [0.25, 0.3) is 0 Å². The van der Waals surface area contributed by atoms with Gasteiger partial charge in [0, 0.05) is 25.5 Å². The van der Waals surface area contributed by atoms with Crippen LogP contribution < -0.4 is 5.73 Å². The average molecular weight is 256 g/mol. The number of hydrogen-bond acceptors (Lipinski definition) is 5. The Kier molecular flexibility index (Phi) is 3.70. The molecule has 17 heavy (non-hydrogen) atoms. The van der Waals surface area contributed by atoms with Gasteiger partial charge in [0.25, 0.3) is 10.0 Å². The number of nitrogens with two attached hydrogens (primary N) is 1. The van der Waals surface area contributed by atoms with E-state index in [-0.39, 0.29) is 5.03 Å². The van der Waals surface area contributed by atoms with Crippen molar-refractivity contribution in [3.63, 3.8) is 0 Å². The van der Waals surface area contributed by atoms with Crippen LogP contribution in [0.1, 0.15) is 12.8 Å². The van der Waals surface area contributed by atoms with Gasteiger partial charge in [0.1, 0.15) is 0 Å². The number of hydrogen-bond donors (Lipinski definition) is 1. The van der Waals surface area contributed by atoms with E-state index in [9.17, 15) is 8.42 Å². The molecule has 0 saturated carbocycles. The quantitative estimate of drug-likeness (QED) is 0.811. The van der Waals surface area contributed by atoms with E-state index in [4.69, 9.17) is 5.73 Å². The highest BCUT2D eigenvalue weighted by atomic mass is 32.2. The summed E-state index contributed by atoms with van der Waals surface area (Å²) in [6.45, 7) is 1.65. The molecule has 1 aliphatic rings. The molecule has 1 saturated heterocycles. The molecule has 0 spiro atoms. The first kappa shape index (κ1) is 12.4. The van der Waals surface area contributed by atoms with Crippen molar-refractivity contribution < 1.29 is 8.42 Å². The van der Waals surface area contributed by atoms with Crippen LogP contribution in [0.5, 0.6) is 0 Å². The molecule has 0 bridgehead atoms. The van der Waals surface area contributed by atoms with E-state index in [0.717, 1.165) is 12.8 Å². The Bertz CT molecular complexity index is 454. The molecule has 2 rings (SSSR count). The second-order valence-corrected chi connectivity index (χ2v) is 6.01. The van der Waals surface area contributed by atoms with E-state index in [0.29, 0.717) is 25.6 Å². The largest absolute Gasteiger partial charge is 0.330 e. The predicted octanol–water partition coefficient (Wildman–Crippen LogP) is -0.164. The van der Waals surface area contributed by atoms with E-state index in [2.05, 4.69) is 9.97 Å². The van der Waals surface area contributed by atoms with Gasteiger partial charge in [-0.1, -0.05) is 0 Å². The van der Waals surface area contributed by atoms with Crippen molar-refractivity contribution in [3.8, 4) is 0 Å². The fourth-order valence-corrected chi connectivity index (χ4v) is 3.28. The predicted molar refractivity (Wildman–Crippen MR) is 62.6 cm³/mol. The highest BCUT2D eigenvalue weighted by Crippen LogP contribution is 2.21. The standard InChI is InChI=1S/C10H16N4O2S/c11-7-9-1-5-14(6-2-9)17(15,16)10-8-12-3-4-13-10/h3-4,8-9H,1-2,5-7,11H2. The molecule has 0 radical (unpaired) electrons. The van der Waals surface area contributed by atoms with Crippen LogP contribution in [-0.4, -0.2) is 42.3 Å². The van der Waals surface area contributed by atoms with Crippen LogP contribution in [0.4, 0.5) is 0 Å². The maximum absolute atomic E-state index is 12.2. The molecule has 1 aromatic rings. The Labute approximate surface area is 101 Å². The zero-order valence-electron chi connectivity index (χ0n) is 9.49. The van der Waals surface area contributed by atoms with Gasteiger partial charge in [0.15, 0.2) is 5.03 Å². The van der Waals surface area contributed by atoms with E-state index >= 15 is 0 Å². The van der Waals surface area contributed by atoms with Crippen molar-refractivity contribution in [2.24, 2.45) is 11.7 Å². The van der Waals surface area contributed by atoms with Crippen LogP contribution in [0.15, 0.2) is 23.6 Å². The number of rotatable bonds is 3. The first-order chi connectivity index (χ1) is 8.14. The van der Waals surface area contributed by atoms with Crippen molar-refractivity contribution >= 4 is 10.0 Å².